The third kappa shape index (κ3) is 6.54. The number of nitro benzene ring substituents is 1. The standard InChI is InChI=1S/C19H20ClN3O4S/c1-28-9-8-17(19(25)21-12-13-4-2-6-15(20)10-13)22-18(24)14-5-3-7-16(11-14)23(26)27/h2-7,10-11,17H,8-9,12H2,1H3,(H,21,25)(H,22,24). The summed E-state index contributed by atoms with van der Waals surface area (Å²) in [5.74, 6) is -0.190. The lowest BCUT2D eigenvalue weighted by Crippen LogP contribution is -2.46. The number of carbonyl (C=O) groups excluding carboxylic acids is 2. The number of amides is 2. The molecule has 2 rings (SSSR count). The van der Waals surface area contributed by atoms with E-state index in [2.05, 4.69) is 10.6 Å². The summed E-state index contributed by atoms with van der Waals surface area (Å²) < 4.78 is 0. The summed E-state index contributed by atoms with van der Waals surface area (Å²) in [6, 6.07) is 11.8. The number of nitrogens with zero attached hydrogens (tertiary/aromatic N) is 1. The third-order valence-electron chi connectivity index (χ3n) is 3.91. The molecule has 0 heterocycles. The molecule has 2 N–H and O–H groups in total. The number of nitro groups is 1. The van der Waals surface area contributed by atoms with Crippen molar-refractivity contribution in [3.05, 3.63) is 74.8 Å². The Hall–Kier alpha value is -2.58. The van der Waals surface area contributed by atoms with Crippen LogP contribution in [0.4, 0.5) is 5.69 Å². The number of rotatable bonds is 9. The monoisotopic (exact) mass is 421 g/mol. The van der Waals surface area contributed by atoms with Gasteiger partial charge >= 0.3 is 0 Å². The molecule has 0 saturated carbocycles. The summed E-state index contributed by atoms with van der Waals surface area (Å²) >= 11 is 7.50. The molecule has 0 aliphatic carbocycles. The molecule has 0 radical (unpaired) electrons. The Morgan fingerprint density at radius 3 is 2.64 bits per heavy atom. The highest BCUT2D eigenvalue weighted by Crippen LogP contribution is 2.14. The van der Waals surface area contributed by atoms with Gasteiger partial charge in [0.2, 0.25) is 5.91 Å². The highest BCUT2D eigenvalue weighted by Gasteiger charge is 2.22. The first-order valence-electron chi connectivity index (χ1n) is 8.47. The zero-order chi connectivity index (χ0) is 20.5. The molecule has 2 aromatic carbocycles. The summed E-state index contributed by atoms with van der Waals surface area (Å²) in [6.45, 7) is 0.280. The minimum Gasteiger partial charge on any atom is -0.350 e. The van der Waals surface area contributed by atoms with Crippen molar-refractivity contribution in [1.82, 2.24) is 10.6 Å². The zero-order valence-electron chi connectivity index (χ0n) is 15.2. The first kappa shape index (κ1) is 21.7. The van der Waals surface area contributed by atoms with Crippen molar-refractivity contribution >= 4 is 40.9 Å². The molecule has 0 fully saturated rings. The Labute approximate surface area is 172 Å². The first-order valence-corrected chi connectivity index (χ1v) is 10.2. The Morgan fingerprint density at radius 1 is 1.21 bits per heavy atom. The van der Waals surface area contributed by atoms with E-state index in [-0.39, 0.29) is 23.7 Å². The van der Waals surface area contributed by atoms with Crippen LogP contribution in [0.5, 0.6) is 0 Å². The van der Waals surface area contributed by atoms with E-state index in [0.29, 0.717) is 17.2 Å². The number of benzene rings is 2. The summed E-state index contributed by atoms with van der Waals surface area (Å²) in [4.78, 5) is 35.4. The predicted octanol–water partition coefficient (Wildman–Crippen LogP) is 3.42. The average Bonchev–Trinajstić information content (AvgIpc) is 2.69. The van der Waals surface area contributed by atoms with Crippen LogP contribution in [-0.2, 0) is 11.3 Å². The SMILES string of the molecule is CSCCC(NC(=O)c1cccc([N+](=O)[O-])c1)C(=O)NCc1cccc(Cl)c1. The summed E-state index contributed by atoms with van der Waals surface area (Å²) in [5, 5.41) is 16.9. The van der Waals surface area contributed by atoms with Crippen LogP contribution >= 0.6 is 23.4 Å². The van der Waals surface area contributed by atoms with E-state index < -0.39 is 16.9 Å². The van der Waals surface area contributed by atoms with Gasteiger partial charge in [0.1, 0.15) is 6.04 Å². The molecule has 1 atom stereocenters. The smallest absolute Gasteiger partial charge is 0.270 e. The molecular weight excluding hydrogens is 402 g/mol. The summed E-state index contributed by atoms with van der Waals surface area (Å²) in [5.41, 5.74) is 0.791. The van der Waals surface area contributed by atoms with Gasteiger partial charge in [-0.2, -0.15) is 11.8 Å². The number of non-ortho nitro benzene ring substituents is 1. The van der Waals surface area contributed by atoms with Crippen LogP contribution in [0.3, 0.4) is 0 Å². The van der Waals surface area contributed by atoms with Gasteiger partial charge in [0, 0.05) is 29.3 Å². The fraction of sp³-hybridized carbons (Fsp3) is 0.263. The van der Waals surface area contributed by atoms with E-state index in [0.717, 1.165) is 5.56 Å². The molecule has 0 spiro atoms. The molecule has 28 heavy (non-hydrogen) atoms. The van der Waals surface area contributed by atoms with Gasteiger partial charge in [-0.25, -0.2) is 0 Å². The Balaban J connectivity index is 2.05. The average molecular weight is 422 g/mol. The van der Waals surface area contributed by atoms with E-state index in [1.165, 1.54) is 24.3 Å². The molecule has 7 nitrogen and oxygen atoms in total. The normalized spacial score (nSPS) is 11.5. The van der Waals surface area contributed by atoms with Gasteiger partial charge < -0.3 is 10.6 Å². The van der Waals surface area contributed by atoms with Gasteiger partial charge in [-0.05, 0) is 42.2 Å². The molecule has 0 aliphatic rings. The van der Waals surface area contributed by atoms with Gasteiger partial charge in [0.05, 0.1) is 4.92 Å². The second-order valence-electron chi connectivity index (χ2n) is 5.96. The van der Waals surface area contributed by atoms with Crippen molar-refractivity contribution in [3.8, 4) is 0 Å². The maximum absolute atomic E-state index is 12.6. The second kappa shape index (κ2) is 10.7. The van der Waals surface area contributed by atoms with Crippen molar-refractivity contribution in [3.63, 3.8) is 0 Å². The van der Waals surface area contributed by atoms with Crippen molar-refractivity contribution in [2.24, 2.45) is 0 Å². The number of carbonyl (C=O) groups is 2. The number of hydrogen-bond acceptors (Lipinski definition) is 5. The lowest BCUT2D eigenvalue weighted by molar-refractivity contribution is -0.384. The minimum atomic E-state index is -0.751. The van der Waals surface area contributed by atoms with E-state index in [4.69, 9.17) is 11.6 Å². The molecule has 9 heteroatoms. The van der Waals surface area contributed by atoms with E-state index in [1.54, 1.807) is 30.0 Å². The largest absolute Gasteiger partial charge is 0.350 e. The number of thioether (sulfide) groups is 1. The summed E-state index contributed by atoms with van der Waals surface area (Å²) in [7, 11) is 0. The molecule has 0 saturated heterocycles. The highest BCUT2D eigenvalue weighted by atomic mass is 35.5. The van der Waals surface area contributed by atoms with Crippen molar-refractivity contribution in [2.45, 2.75) is 19.0 Å². The van der Waals surface area contributed by atoms with E-state index >= 15 is 0 Å². The van der Waals surface area contributed by atoms with Gasteiger partial charge in [0.15, 0.2) is 0 Å². The summed E-state index contributed by atoms with van der Waals surface area (Å²) in [6.07, 6.45) is 2.34. The third-order valence-corrected chi connectivity index (χ3v) is 4.79. The maximum Gasteiger partial charge on any atom is 0.270 e. The quantitative estimate of drug-likeness (QED) is 0.477. The Kier molecular flexibility index (Phi) is 8.28. The molecule has 0 aliphatic heterocycles. The molecule has 0 bridgehead atoms. The zero-order valence-corrected chi connectivity index (χ0v) is 16.8. The van der Waals surface area contributed by atoms with Crippen LogP contribution in [0.1, 0.15) is 22.3 Å². The van der Waals surface area contributed by atoms with Crippen molar-refractivity contribution in [1.29, 1.82) is 0 Å². The maximum atomic E-state index is 12.6. The lowest BCUT2D eigenvalue weighted by Gasteiger charge is -2.18. The minimum absolute atomic E-state index is 0.131. The highest BCUT2D eigenvalue weighted by molar-refractivity contribution is 7.98. The molecular formula is C19H20ClN3O4S. The van der Waals surface area contributed by atoms with Crippen LogP contribution < -0.4 is 10.6 Å². The fourth-order valence-corrected chi connectivity index (χ4v) is 3.15. The van der Waals surface area contributed by atoms with Gasteiger partial charge in [-0.1, -0.05) is 29.8 Å². The van der Waals surface area contributed by atoms with Crippen LogP contribution in [0.2, 0.25) is 5.02 Å². The second-order valence-corrected chi connectivity index (χ2v) is 7.38. The van der Waals surface area contributed by atoms with Gasteiger partial charge in [-0.15, -0.1) is 0 Å². The molecule has 0 aromatic heterocycles. The van der Waals surface area contributed by atoms with Crippen molar-refractivity contribution < 1.29 is 14.5 Å². The van der Waals surface area contributed by atoms with Crippen LogP contribution in [0, 0.1) is 10.1 Å². The Morgan fingerprint density at radius 2 is 1.96 bits per heavy atom. The van der Waals surface area contributed by atoms with Gasteiger partial charge in [-0.3, -0.25) is 19.7 Å². The fourth-order valence-electron chi connectivity index (χ4n) is 2.47. The van der Waals surface area contributed by atoms with Crippen LogP contribution in [-0.4, -0.2) is 34.8 Å². The number of hydrogen-bond donors (Lipinski definition) is 2. The lowest BCUT2D eigenvalue weighted by atomic mass is 10.1. The van der Waals surface area contributed by atoms with Crippen LogP contribution in [0.15, 0.2) is 48.5 Å². The predicted molar refractivity (Wildman–Crippen MR) is 111 cm³/mol. The van der Waals surface area contributed by atoms with Crippen molar-refractivity contribution in [2.75, 3.05) is 12.0 Å². The van der Waals surface area contributed by atoms with E-state index in [9.17, 15) is 19.7 Å². The van der Waals surface area contributed by atoms with Gasteiger partial charge in [0.25, 0.3) is 11.6 Å². The Bertz CT molecular complexity index is 863. The topological polar surface area (TPSA) is 101 Å². The first-order chi connectivity index (χ1) is 13.4. The number of nitrogens with one attached hydrogen (secondary N) is 2. The molecule has 1 unspecified atom stereocenters. The molecule has 2 amide bonds. The van der Waals surface area contributed by atoms with E-state index in [1.807, 2.05) is 12.3 Å². The van der Waals surface area contributed by atoms with Crippen LogP contribution in [0.25, 0.3) is 0 Å². The molecule has 148 valence electrons. The number of halogens is 1. The molecule has 2 aromatic rings.